The number of nitrogens with zero attached hydrogens (tertiary/aromatic N) is 2. The Hall–Kier alpha value is -2.18. The lowest BCUT2D eigenvalue weighted by Crippen LogP contribution is -2.37. The average Bonchev–Trinajstić information content (AvgIpc) is 2.75. The van der Waals surface area contributed by atoms with E-state index in [0.717, 1.165) is 22.6 Å². The fraction of sp³-hybridized carbons (Fsp3) is 0.333. The van der Waals surface area contributed by atoms with E-state index in [1.54, 1.807) is 0 Å². The van der Waals surface area contributed by atoms with Gasteiger partial charge in [0.25, 0.3) is 0 Å². The van der Waals surface area contributed by atoms with Crippen LogP contribution in [0.15, 0.2) is 30.3 Å². The largest absolute Gasteiger partial charge is 0.382 e. The van der Waals surface area contributed by atoms with Crippen LogP contribution in [0.25, 0.3) is 5.69 Å². The van der Waals surface area contributed by atoms with Gasteiger partial charge in [-0.1, -0.05) is 18.2 Å². The van der Waals surface area contributed by atoms with Crippen molar-refractivity contribution in [1.29, 1.82) is 0 Å². The van der Waals surface area contributed by atoms with Crippen molar-refractivity contribution in [1.82, 2.24) is 15.1 Å². The van der Waals surface area contributed by atoms with Crippen LogP contribution in [0, 0.1) is 13.8 Å². The van der Waals surface area contributed by atoms with Crippen LogP contribution >= 0.6 is 0 Å². The number of benzene rings is 1. The SMILES string of the molecule is Cc1nn(-c2ccccc2)c(C)c1CNCC(O)C(N)=O. The van der Waals surface area contributed by atoms with E-state index in [4.69, 9.17) is 5.73 Å². The van der Waals surface area contributed by atoms with Gasteiger partial charge in [-0.25, -0.2) is 4.68 Å². The number of nitrogens with one attached hydrogen (secondary N) is 1. The topological polar surface area (TPSA) is 93.2 Å². The van der Waals surface area contributed by atoms with Gasteiger partial charge in [-0.3, -0.25) is 4.79 Å². The van der Waals surface area contributed by atoms with E-state index in [1.165, 1.54) is 0 Å². The molecule has 4 N–H and O–H groups in total. The molecule has 0 aliphatic heterocycles. The van der Waals surface area contributed by atoms with Crippen molar-refractivity contribution in [3.05, 3.63) is 47.3 Å². The van der Waals surface area contributed by atoms with Crippen molar-refractivity contribution in [3.8, 4) is 5.69 Å². The summed E-state index contributed by atoms with van der Waals surface area (Å²) in [6.45, 7) is 4.59. The second-order valence-electron chi connectivity index (χ2n) is 4.95. The van der Waals surface area contributed by atoms with E-state index in [2.05, 4.69) is 10.4 Å². The Kier molecular flexibility index (Phi) is 4.72. The molecule has 0 saturated heterocycles. The molecule has 1 unspecified atom stereocenters. The zero-order chi connectivity index (χ0) is 15.4. The van der Waals surface area contributed by atoms with Crippen LogP contribution in [0.5, 0.6) is 0 Å². The Balaban J connectivity index is 2.11. The van der Waals surface area contributed by atoms with Crippen molar-refractivity contribution in [3.63, 3.8) is 0 Å². The van der Waals surface area contributed by atoms with Crippen LogP contribution in [0.1, 0.15) is 17.0 Å². The number of aliphatic hydroxyl groups is 1. The molecule has 1 atom stereocenters. The van der Waals surface area contributed by atoms with Gasteiger partial charge in [0, 0.05) is 24.3 Å². The van der Waals surface area contributed by atoms with Crippen LogP contribution in [0.2, 0.25) is 0 Å². The van der Waals surface area contributed by atoms with E-state index in [1.807, 2.05) is 48.9 Å². The van der Waals surface area contributed by atoms with Gasteiger partial charge in [0.1, 0.15) is 6.10 Å². The van der Waals surface area contributed by atoms with Crippen LogP contribution < -0.4 is 11.1 Å². The molecule has 0 aliphatic rings. The number of hydrogen-bond acceptors (Lipinski definition) is 4. The van der Waals surface area contributed by atoms with Crippen LogP contribution in [-0.2, 0) is 11.3 Å². The van der Waals surface area contributed by atoms with Gasteiger partial charge >= 0.3 is 0 Å². The van der Waals surface area contributed by atoms with Crippen molar-refractivity contribution in [2.24, 2.45) is 5.73 Å². The normalized spacial score (nSPS) is 12.3. The minimum absolute atomic E-state index is 0.130. The second kappa shape index (κ2) is 6.51. The molecule has 0 radical (unpaired) electrons. The lowest BCUT2D eigenvalue weighted by molar-refractivity contribution is -0.125. The molecule has 0 saturated carbocycles. The third-order valence-electron chi connectivity index (χ3n) is 3.41. The zero-order valence-corrected chi connectivity index (χ0v) is 12.2. The molecule has 0 fully saturated rings. The van der Waals surface area contributed by atoms with Crippen LogP contribution in [0.3, 0.4) is 0 Å². The minimum Gasteiger partial charge on any atom is -0.382 e. The Morgan fingerprint density at radius 3 is 2.67 bits per heavy atom. The molecule has 1 heterocycles. The first-order valence-electron chi connectivity index (χ1n) is 6.79. The van der Waals surface area contributed by atoms with Gasteiger partial charge in [0.2, 0.25) is 5.91 Å². The molecule has 1 aromatic carbocycles. The molecular weight excluding hydrogens is 268 g/mol. The maximum atomic E-state index is 10.8. The molecule has 1 aromatic heterocycles. The molecule has 6 heteroatoms. The fourth-order valence-corrected chi connectivity index (χ4v) is 2.19. The number of aryl methyl sites for hydroxylation is 1. The number of amides is 1. The summed E-state index contributed by atoms with van der Waals surface area (Å²) in [5.41, 5.74) is 9.00. The number of hydrogen-bond donors (Lipinski definition) is 3. The molecule has 2 aromatic rings. The van der Waals surface area contributed by atoms with Crippen molar-refractivity contribution in [2.45, 2.75) is 26.5 Å². The van der Waals surface area contributed by atoms with E-state index in [0.29, 0.717) is 6.54 Å². The first-order valence-corrected chi connectivity index (χ1v) is 6.79. The van der Waals surface area contributed by atoms with Crippen LogP contribution in [-0.4, -0.2) is 33.4 Å². The number of carbonyl (C=O) groups is 1. The first kappa shape index (κ1) is 15.2. The number of carbonyl (C=O) groups excluding carboxylic acids is 1. The summed E-state index contributed by atoms with van der Waals surface area (Å²) in [5.74, 6) is -0.726. The number of primary amides is 1. The Morgan fingerprint density at radius 2 is 2.05 bits per heavy atom. The standard InChI is InChI=1S/C15H20N4O2/c1-10-13(8-17-9-14(20)15(16)21)11(2)19(18-10)12-6-4-3-5-7-12/h3-7,14,17,20H,8-9H2,1-2H3,(H2,16,21). The Bertz CT molecular complexity index is 622. The fourth-order valence-electron chi connectivity index (χ4n) is 2.19. The van der Waals surface area contributed by atoms with Crippen molar-refractivity contribution >= 4 is 5.91 Å². The van der Waals surface area contributed by atoms with Gasteiger partial charge in [0.05, 0.1) is 11.4 Å². The summed E-state index contributed by atoms with van der Waals surface area (Å²) in [6.07, 6.45) is -1.17. The highest BCUT2D eigenvalue weighted by molar-refractivity contribution is 5.78. The molecule has 0 spiro atoms. The predicted molar refractivity (Wildman–Crippen MR) is 79.9 cm³/mol. The van der Waals surface area contributed by atoms with E-state index in [9.17, 15) is 9.90 Å². The zero-order valence-electron chi connectivity index (χ0n) is 12.2. The number of rotatable bonds is 6. The molecule has 0 aliphatic carbocycles. The quantitative estimate of drug-likeness (QED) is 0.718. The van der Waals surface area contributed by atoms with Gasteiger partial charge < -0.3 is 16.2 Å². The Morgan fingerprint density at radius 1 is 1.38 bits per heavy atom. The number of aromatic nitrogens is 2. The molecule has 2 rings (SSSR count). The van der Waals surface area contributed by atoms with Gasteiger partial charge in [-0.05, 0) is 26.0 Å². The molecule has 1 amide bonds. The van der Waals surface area contributed by atoms with E-state index in [-0.39, 0.29) is 6.54 Å². The summed E-state index contributed by atoms with van der Waals surface area (Å²) < 4.78 is 1.89. The minimum atomic E-state index is -1.17. The average molecular weight is 288 g/mol. The molecule has 0 bridgehead atoms. The molecule has 6 nitrogen and oxygen atoms in total. The molecule has 21 heavy (non-hydrogen) atoms. The monoisotopic (exact) mass is 288 g/mol. The number of aliphatic hydroxyl groups excluding tert-OH is 1. The predicted octanol–water partition coefficient (Wildman–Crippen LogP) is 0.425. The highest BCUT2D eigenvalue weighted by Crippen LogP contribution is 2.17. The third kappa shape index (κ3) is 3.48. The Labute approximate surface area is 123 Å². The summed E-state index contributed by atoms with van der Waals surface area (Å²) in [5, 5.41) is 16.9. The van der Waals surface area contributed by atoms with E-state index >= 15 is 0 Å². The van der Waals surface area contributed by atoms with Gasteiger partial charge in [0.15, 0.2) is 0 Å². The highest BCUT2D eigenvalue weighted by atomic mass is 16.3. The van der Waals surface area contributed by atoms with Gasteiger partial charge in [-0.15, -0.1) is 0 Å². The summed E-state index contributed by atoms with van der Waals surface area (Å²) in [4.78, 5) is 10.8. The van der Waals surface area contributed by atoms with Crippen molar-refractivity contribution < 1.29 is 9.90 Å². The lowest BCUT2D eigenvalue weighted by Gasteiger charge is -2.09. The molecule has 112 valence electrons. The van der Waals surface area contributed by atoms with Gasteiger partial charge in [-0.2, -0.15) is 5.10 Å². The number of nitrogens with two attached hydrogens (primary N) is 1. The number of para-hydroxylation sites is 1. The molecular formula is C15H20N4O2. The third-order valence-corrected chi connectivity index (χ3v) is 3.41. The van der Waals surface area contributed by atoms with Crippen molar-refractivity contribution in [2.75, 3.05) is 6.54 Å². The smallest absolute Gasteiger partial charge is 0.247 e. The summed E-state index contributed by atoms with van der Waals surface area (Å²) in [6, 6.07) is 9.88. The maximum Gasteiger partial charge on any atom is 0.247 e. The first-order chi connectivity index (χ1) is 10.0. The van der Waals surface area contributed by atoms with Crippen LogP contribution in [0.4, 0.5) is 0 Å². The maximum absolute atomic E-state index is 10.8. The highest BCUT2D eigenvalue weighted by Gasteiger charge is 2.14. The van der Waals surface area contributed by atoms with E-state index < -0.39 is 12.0 Å². The summed E-state index contributed by atoms with van der Waals surface area (Å²) >= 11 is 0. The second-order valence-corrected chi connectivity index (χ2v) is 4.95. The lowest BCUT2D eigenvalue weighted by atomic mass is 10.2. The summed E-state index contributed by atoms with van der Waals surface area (Å²) in [7, 11) is 0.